The van der Waals surface area contributed by atoms with Gasteiger partial charge in [0.2, 0.25) is 5.43 Å². The van der Waals surface area contributed by atoms with Crippen molar-refractivity contribution in [1.29, 1.82) is 0 Å². The largest absolute Gasteiger partial charge is 0.286 e. The fourth-order valence-corrected chi connectivity index (χ4v) is 3.21. The van der Waals surface area contributed by atoms with Crippen molar-refractivity contribution in [3.8, 4) is 11.8 Å². The van der Waals surface area contributed by atoms with Crippen molar-refractivity contribution in [3.05, 3.63) is 38.1 Å². The Kier molecular flexibility index (Phi) is 6.85. The highest BCUT2D eigenvalue weighted by Gasteiger charge is 2.08. The third-order valence-corrected chi connectivity index (χ3v) is 4.46. The van der Waals surface area contributed by atoms with Gasteiger partial charge in [0, 0.05) is 10.9 Å². The van der Waals surface area contributed by atoms with Crippen molar-refractivity contribution in [2.75, 3.05) is 0 Å². The molecule has 0 saturated carbocycles. The Morgan fingerprint density at radius 3 is 2.70 bits per heavy atom. The summed E-state index contributed by atoms with van der Waals surface area (Å²) in [5.41, 5.74) is 1.97. The van der Waals surface area contributed by atoms with Gasteiger partial charge in [0.15, 0.2) is 5.69 Å². The zero-order valence-corrected chi connectivity index (χ0v) is 15.4. The first-order valence-electron chi connectivity index (χ1n) is 8.31. The molecule has 23 heavy (non-hydrogen) atoms. The first kappa shape index (κ1) is 17.7. The summed E-state index contributed by atoms with van der Waals surface area (Å²) in [6, 6.07) is 3.84. The Balaban J connectivity index is 2.03. The Hall–Kier alpha value is -1.60. The van der Waals surface area contributed by atoms with Crippen LogP contribution in [0.2, 0.25) is 0 Å². The predicted octanol–water partition coefficient (Wildman–Crippen LogP) is 5.10. The van der Waals surface area contributed by atoms with E-state index in [1.54, 1.807) is 0 Å². The van der Waals surface area contributed by atoms with E-state index in [2.05, 4.69) is 44.9 Å². The van der Waals surface area contributed by atoms with E-state index in [0.29, 0.717) is 11.1 Å². The Bertz CT molecular complexity index is 784. The highest BCUT2D eigenvalue weighted by Crippen LogP contribution is 2.21. The summed E-state index contributed by atoms with van der Waals surface area (Å²) in [5, 5.41) is 7.68. The first-order valence-corrected chi connectivity index (χ1v) is 9.10. The van der Waals surface area contributed by atoms with E-state index in [1.165, 1.54) is 32.1 Å². The normalized spacial score (nSPS) is 10.6. The first-order chi connectivity index (χ1) is 11.1. The third kappa shape index (κ3) is 4.94. The van der Waals surface area contributed by atoms with Gasteiger partial charge >= 0.3 is 0 Å². The zero-order valence-electron chi connectivity index (χ0n) is 13.8. The molecule has 4 heteroatoms. The van der Waals surface area contributed by atoms with Crippen LogP contribution in [0, 0.1) is 18.8 Å². The van der Waals surface area contributed by atoms with E-state index in [9.17, 15) is 4.79 Å². The quantitative estimate of drug-likeness (QED) is 0.564. The van der Waals surface area contributed by atoms with E-state index in [-0.39, 0.29) is 5.43 Å². The van der Waals surface area contributed by atoms with Crippen molar-refractivity contribution in [2.24, 2.45) is 0 Å². The molecule has 122 valence electrons. The standard InChI is InChI=1S/C19H23BrN2O/c1-3-4-5-6-7-8-9-10-11-17-19(23)15-12-14(2)13-16(20)18(15)22-21-17/h12-13H,3-9H2,1-2H3,(H,22,23). The van der Waals surface area contributed by atoms with E-state index in [1.807, 2.05) is 19.1 Å². The summed E-state index contributed by atoms with van der Waals surface area (Å²) in [6.45, 7) is 4.19. The molecule has 1 aromatic carbocycles. The van der Waals surface area contributed by atoms with Crippen LogP contribution in [0.5, 0.6) is 0 Å². The van der Waals surface area contributed by atoms with Crippen LogP contribution in [0.25, 0.3) is 10.9 Å². The second-order valence-electron chi connectivity index (χ2n) is 5.89. The molecular formula is C19H23BrN2O. The minimum Gasteiger partial charge on any atom is -0.286 e. The van der Waals surface area contributed by atoms with Gasteiger partial charge in [0.05, 0.1) is 10.9 Å². The van der Waals surface area contributed by atoms with Gasteiger partial charge in [-0.05, 0) is 52.9 Å². The number of rotatable bonds is 6. The van der Waals surface area contributed by atoms with Gasteiger partial charge in [-0.25, -0.2) is 0 Å². The molecule has 0 bridgehead atoms. The lowest BCUT2D eigenvalue weighted by molar-refractivity contribution is 0.614. The zero-order chi connectivity index (χ0) is 16.7. The Morgan fingerprint density at radius 1 is 1.17 bits per heavy atom. The van der Waals surface area contributed by atoms with Crippen LogP contribution < -0.4 is 5.43 Å². The van der Waals surface area contributed by atoms with Crippen LogP contribution in [0.4, 0.5) is 0 Å². The summed E-state index contributed by atoms with van der Waals surface area (Å²) in [5.74, 6) is 6.01. The summed E-state index contributed by atoms with van der Waals surface area (Å²) >= 11 is 3.46. The van der Waals surface area contributed by atoms with Crippen LogP contribution in [0.3, 0.4) is 0 Å². The molecule has 1 aromatic heterocycles. The minimum atomic E-state index is -0.0985. The second kappa shape index (κ2) is 8.88. The molecule has 1 N–H and O–H groups in total. The molecule has 0 aliphatic heterocycles. The number of fused-ring (bicyclic) bond motifs is 1. The number of aryl methyl sites for hydroxylation is 1. The number of unbranched alkanes of at least 4 members (excludes halogenated alkanes) is 6. The number of hydrogen-bond acceptors (Lipinski definition) is 2. The van der Waals surface area contributed by atoms with E-state index in [4.69, 9.17) is 0 Å². The number of nitrogens with zero attached hydrogens (tertiary/aromatic N) is 1. The molecule has 0 spiro atoms. The summed E-state index contributed by atoms with van der Waals surface area (Å²) in [4.78, 5) is 12.5. The van der Waals surface area contributed by atoms with Crippen molar-refractivity contribution in [2.45, 2.75) is 58.8 Å². The van der Waals surface area contributed by atoms with Crippen LogP contribution in [0.1, 0.15) is 63.1 Å². The molecule has 0 aliphatic carbocycles. The SMILES string of the molecule is CCCCCCCCC#Cc1n[nH]c2c(Br)cc(C)cc2c1=O. The highest BCUT2D eigenvalue weighted by molar-refractivity contribution is 9.10. The molecule has 2 aromatic rings. The molecule has 0 atom stereocenters. The number of H-pyrrole nitrogens is 1. The van der Waals surface area contributed by atoms with Gasteiger partial charge in [-0.1, -0.05) is 44.9 Å². The lowest BCUT2D eigenvalue weighted by Gasteiger charge is -2.02. The number of nitrogens with one attached hydrogen (secondary N) is 1. The molecule has 2 rings (SSSR count). The fourth-order valence-electron chi connectivity index (χ4n) is 2.55. The maximum atomic E-state index is 12.5. The molecule has 0 radical (unpaired) electrons. The number of benzene rings is 1. The predicted molar refractivity (Wildman–Crippen MR) is 99.7 cm³/mol. The monoisotopic (exact) mass is 374 g/mol. The molecule has 3 nitrogen and oxygen atoms in total. The summed E-state index contributed by atoms with van der Waals surface area (Å²) < 4.78 is 0.851. The molecule has 0 amide bonds. The number of aromatic amines is 1. The molecular weight excluding hydrogens is 352 g/mol. The maximum absolute atomic E-state index is 12.5. The number of halogens is 1. The fraction of sp³-hybridized carbons (Fsp3) is 0.474. The van der Waals surface area contributed by atoms with E-state index in [0.717, 1.165) is 28.4 Å². The van der Waals surface area contributed by atoms with Crippen LogP contribution in [-0.4, -0.2) is 10.2 Å². The van der Waals surface area contributed by atoms with E-state index >= 15 is 0 Å². The van der Waals surface area contributed by atoms with Gasteiger partial charge in [-0.2, -0.15) is 5.10 Å². The second-order valence-corrected chi connectivity index (χ2v) is 6.74. The smallest absolute Gasteiger partial charge is 0.223 e. The van der Waals surface area contributed by atoms with Gasteiger partial charge in [-0.3, -0.25) is 9.89 Å². The summed E-state index contributed by atoms with van der Waals surface area (Å²) in [7, 11) is 0. The number of hydrogen-bond donors (Lipinski definition) is 1. The maximum Gasteiger partial charge on any atom is 0.223 e. The molecule has 0 fully saturated rings. The van der Waals surface area contributed by atoms with Crippen molar-refractivity contribution >= 4 is 26.8 Å². The molecule has 0 aliphatic rings. The molecule has 0 saturated heterocycles. The molecule has 0 unspecified atom stereocenters. The van der Waals surface area contributed by atoms with Crippen LogP contribution >= 0.6 is 15.9 Å². The van der Waals surface area contributed by atoms with Crippen LogP contribution in [-0.2, 0) is 0 Å². The van der Waals surface area contributed by atoms with Crippen molar-refractivity contribution in [3.63, 3.8) is 0 Å². The molecule has 1 heterocycles. The Morgan fingerprint density at radius 2 is 1.91 bits per heavy atom. The Labute approximate surface area is 146 Å². The lowest BCUT2D eigenvalue weighted by atomic mass is 10.1. The average Bonchev–Trinajstić information content (AvgIpc) is 2.52. The van der Waals surface area contributed by atoms with Gasteiger partial charge in [-0.15, -0.1) is 0 Å². The van der Waals surface area contributed by atoms with Gasteiger partial charge < -0.3 is 0 Å². The number of aromatic nitrogens is 2. The minimum absolute atomic E-state index is 0.0985. The lowest BCUT2D eigenvalue weighted by Crippen LogP contribution is -2.11. The topological polar surface area (TPSA) is 45.8 Å². The third-order valence-electron chi connectivity index (χ3n) is 3.84. The van der Waals surface area contributed by atoms with E-state index < -0.39 is 0 Å². The van der Waals surface area contributed by atoms with Crippen molar-refractivity contribution < 1.29 is 0 Å². The van der Waals surface area contributed by atoms with Gasteiger partial charge in [0.1, 0.15) is 0 Å². The van der Waals surface area contributed by atoms with Crippen molar-refractivity contribution in [1.82, 2.24) is 10.2 Å². The highest BCUT2D eigenvalue weighted by atomic mass is 79.9. The average molecular weight is 375 g/mol. The summed E-state index contributed by atoms with van der Waals surface area (Å²) in [6.07, 6.45) is 8.29. The van der Waals surface area contributed by atoms with Gasteiger partial charge in [0.25, 0.3) is 0 Å². The van der Waals surface area contributed by atoms with Crippen LogP contribution in [0.15, 0.2) is 21.4 Å².